The highest BCUT2D eigenvalue weighted by Crippen LogP contribution is 2.33. The summed E-state index contributed by atoms with van der Waals surface area (Å²) in [4.78, 5) is 16.6. The van der Waals surface area contributed by atoms with E-state index in [-0.39, 0.29) is 5.91 Å². The normalized spacial score (nSPS) is 18.5. The predicted octanol–water partition coefficient (Wildman–Crippen LogP) is 3.75. The molecule has 1 aliphatic carbocycles. The van der Waals surface area contributed by atoms with Crippen molar-refractivity contribution in [2.24, 2.45) is 5.92 Å². The van der Waals surface area contributed by atoms with E-state index in [9.17, 15) is 4.79 Å². The third kappa shape index (κ3) is 2.61. The first kappa shape index (κ1) is 13.6. The lowest BCUT2D eigenvalue weighted by atomic mass is 9.87. The molecule has 1 aromatic heterocycles. The molecule has 1 unspecified atom stereocenters. The average molecular weight is 265 g/mol. The highest BCUT2D eigenvalue weighted by molar-refractivity contribution is 7.14. The van der Waals surface area contributed by atoms with Crippen molar-refractivity contribution >= 4 is 17.2 Å². The van der Waals surface area contributed by atoms with E-state index in [4.69, 9.17) is 0 Å². The summed E-state index contributed by atoms with van der Waals surface area (Å²) < 4.78 is 0. The Morgan fingerprint density at radius 3 is 2.72 bits per heavy atom. The van der Waals surface area contributed by atoms with Crippen molar-refractivity contribution in [3.63, 3.8) is 0 Å². The Bertz CT molecular complexity index is 420. The smallest absolute Gasteiger partial charge is 0.263 e. The SMILES string of the molecule is CCC1CCc2sc(C(=O)N(CC)CC)cc2C1. The highest BCUT2D eigenvalue weighted by Gasteiger charge is 2.23. The molecule has 0 aromatic carbocycles. The molecule has 1 amide bonds. The van der Waals surface area contributed by atoms with E-state index in [0.29, 0.717) is 0 Å². The van der Waals surface area contributed by atoms with Crippen LogP contribution < -0.4 is 0 Å². The number of carbonyl (C=O) groups is 1. The first-order chi connectivity index (χ1) is 8.69. The Balaban J connectivity index is 2.17. The molecule has 1 aromatic rings. The van der Waals surface area contributed by atoms with Crippen LogP contribution in [0.3, 0.4) is 0 Å². The lowest BCUT2D eigenvalue weighted by Crippen LogP contribution is -2.29. The van der Waals surface area contributed by atoms with Crippen LogP contribution in [0.25, 0.3) is 0 Å². The summed E-state index contributed by atoms with van der Waals surface area (Å²) >= 11 is 1.72. The van der Waals surface area contributed by atoms with E-state index in [1.165, 1.54) is 36.1 Å². The maximum Gasteiger partial charge on any atom is 0.263 e. The summed E-state index contributed by atoms with van der Waals surface area (Å²) in [6.07, 6.45) is 4.90. The van der Waals surface area contributed by atoms with E-state index < -0.39 is 0 Å². The van der Waals surface area contributed by atoms with Gasteiger partial charge in [0.15, 0.2) is 0 Å². The van der Waals surface area contributed by atoms with E-state index >= 15 is 0 Å². The van der Waals surface area contributed by atoms with Gasteiger partial charge in [-0.1, -0.05) is 13.3 Å². The monoisotopic (exact) mass is 265 g/mol. The second-order valence-corrected chi connectivity index (χ2v) is 6.19. The summed E-state index contributed by atoms with van der Waals surface area (Å²) in [7, 11) is 0. The van der Waals surface area contributed by atoms with Gasteiger partial charge in [-0.3, -0.25) is 4.79 Å². The molecule has 100 valence electrons. The molecule has 0 fully saturated rings. The topological polar surface area (TPSA) is 20.3 Å². The molecule has 0 saturated carbocycles. The fraction of sp³-hybridized carbons (Fsp3) is 0.667. The molecule has 2 nitrogen and oxygen atoms in total. The molecule has 0 bridgehead atoms. The van der Waals surface area contributed by atoms with Gasteiger partial charge < -0.3 is 4.90 Å². The van der Waals surface area contributed by atoms with Crippen LogP contribution in [0.5, 0.6) is 0 Å². The number of fused-ring (bicyclic) bond motifs is 1. The standard InChI is InChI=1S/C15H23NOS/c1-4-11-7-8-13-12(9-11)10-14(18-13)15(17)16(5-2)6-3/h10-11H,4-9H2,1-3H3. The molecular formula is C15H23NOS. The first-order valence-electron chi connectivity index (χ1n) is 7.10. The molecule has 0 N–H and O–H groups in total. The van der Waals surface area contributed by atoms with Gasteiger partial charge in [-0.15, -0.1) is 11.3 Å². The summed E-state index contributed by atoms with van der Waals surface area (Å²) in [6.45, 7) is 7.96. The molecule has 0 aliphatic heterocycles. The Morgan fingerprint density at radius 1 is 1.39 bits per heavy atom. The van der Waals surface area contributed by atoms with Crippen LogP contribution in [-0.2, 0) is 12.8 Å². The summed E-state index contributed by atoms with van der Waals surface area (Å²) in [5, 5.41) is 0. The van der Waals surface area contributed by atoms with Gasteiger partial charge in [-0.2, -0.15) is 0 Å². The van der Waals surface area contributed by atoms with E-state index in [1.54, 1.807) is 11.3 Å². The minimum Gasteiger partial charge on any atom is -0.339 e. The highest BCUT2D eigenvalue weighted by atomic mass is 32.1. The van der Waals surface area contributed by atoms with Crippen molar-refractivity contribution in [3.8, 4) is 0 Å². The van der Waals surface area contributed by atoms with Crippen LogP contribution in [-0.4, -0.2) is 23.9 Å². The summed E-state index contributed by atoms with van der Waals surface area (Å²) in [6, 6.07) is 2.16. The number of thiophene rings is 1. The zero-order chi connectivity index (χ0) is 13.1. The molecule has 2 rings (SSSR count). The zero-order valence-electron chi connectivity index (χ0n) is 11.7. The second-order valence-electron chi connectivity index (χ2n) is 5.05. The van der Waals surface area contributed by atoms with Crippen molar-refractivity contribution in [1.29, 1.82) is 0 Å². The number of rotatable bonds is 4. The molecule has 0 saturated heterocycles. The summed E-state index contributed by atoms with van der Waals surface area (Å²) in [5.74, 6) is 1.04. The fourth-order valence-electron chi connectivity index (χ4n) is 2.72. The Kier molecular flexibility index (Phi) is 4.44. The lowest BCUT2D eigenvalue weighted by molar-refractivity contribution is 0.0777. The van der Waals surface area contributed by atoms with E-state index in [1.807, 2.05) is 18.7 Å². The van der Waals surface area contributed by atoms with Crippen LogP contribution >= 0.6 is 11.3 Å². The number of aryl methyl sites for hydroxylation is 1. The molecule has 0 spiro atoms. The number of nitrogens with zero attached hydrogens (tertiary/aromatic N) is 1. The predicted molar refractivity (Wildman–Crippen MR) is 77.4 cm³/mol. The maximum absolute atomic E-state index is 12.3. The van der Waals surface area contributed by atoms with Crippen LogP contribution in [0.1, 0.15) is 53.7 Å². The number of hydrogen-bond donors (Lipinski definition) is 0. The molecule has 0 radical (unpaired) electrons. The van der Waals surface area contributed by atoms with Crippen molar-refractivity contribution in [3.05, 3.63) is 21.4 Å². The van der Waals surface area contributed by atoms with Crippen molar-refractivity contribution in [2.75, 3.05) is 13.1 Å². The molecule has 18 heavy (non-hydrogen) atoms. The van der Waals surface area contributed by atoms with Gasteiger partial charge in [0, 0.05) is 18.0 Å². The Labute approximate surface area is 114 Å². The number of amides is 1. The first-order valence-corrected chi connectivity index (χ1v) is 7.92. The van der Waals surface area contributed by atoms with Gasteiger partial charge in [0.1, 0.15) is 0 Å². The summed E-state index contributed by atoms with van der Waals surface area (Å²) in [5.41, 5.74) is 1.44. The number of hydrogen-bond acceptors (Lipinski definition) is 2. The van der Waals surface area contributed by atoms with Gasteiger partial charge in [0.2, 0.25) is 0 Å². The third-order valence-electron chi connectivity index (χ3n) is 4.02. The van der Waals surface area contributed by atoms with Crippen LogP contribution in [0, 0.1) is 5.92 Å². The quantitative estimate of drug-likeness (QED) is 0.812. The third-order valence-corrected chi connectivity index (χ3v) is 5.25. The molecule has 3 heteroatoms. The van der Waals surface area contributed by atoms with Crippen molar-refractivity contribution < 1.29 is 4.79 Å². The minimum atomic E-state index is 0.215. The second kappa shape index (κ2) is 5.87. The van der Waals surface area contributed by atoms with Crippen molar-refractivity contribution in [1.82, 2.24) is 4.90 Å². The molecule has 1 heterocycles. The van der Waals surface area contributed by atoms with E-state index in [2.05, 4.69) is 13.0 Å². The Morgan fingerprint density at radius 2 is 2.11 bits per heavy atom. The van der Waals surface area contributed by atoms with Crippen LogP contribution in [0.15, 0.2) is 6.07 Å². The van der Waals surface area contributed by atoms with Gasteiger partial charge in [0.25, 0.3) is 5.91 Å². The molecular weight excluding hydrogens is 242 g/mol. The molecule has 1 aliphatic rings. The zero-order valence-corrected chi connectivity index (χ0v) is 12.5. The van der Waals surface area contributed by atoms with Crippen LogP contribution in [0.4, 0.5) is 0 Å². The van der Waals surface area contributed by atoms with E-state index in [0.717, 1.165) is 23.9 Å². The fourth-order valence-corrected chi connectivity index (χ4v) is 3.90. The largest absolute Gasteiger partial charge is 0.339 e. The van der Waals surface area contributed by atoms with Gasteiger partial charge in [0.05, 0.1) is 4.88 Å². The maximum atomic E-state index is 12.3. The Hall–Kier alpha value is -0.830. The minimum absolute atomic E-state index is 0.215. The number of carbonyl (C=O) groups excluding carboxylic acids is 1. The average Bonchev–Trinajstić information content (AvgIpc) is 2.82. The van der Waals surface area contributed by atoms with Crippen molar-refractivity contribution in [2.45, 2.75) is 46.5 Å². The van der Waals surface area contributed by atoms with Gasteiger partial charge in [-0.05, 0) is 50.7 Å². The van der Waals surface area contributed by atoms with Crippen LogP contribution in [0.2, 0.25) is 0 Å². The van der Waals surface area contributed by atoms with Gasteiger partial charge in [-0.25, -0.2) is 0 Å². The molecule has 1 atom stereocenters. The van der Waals surface area contributed by atoms with Gasteiger partial charge >= 0.3 is 0 Å². The lowest BCUT2D eigenvalue weighted by Gasteiger charge is -2.19.